The van der Waals surface area contributed by atoms with E-state index in [9.17, 15) is 0 Å². The number of rotatable bonds is 6. The number of hydrogen-bond acceptors (Lipinski definition) is 4. The normalized spacial score (nSPS) is 23.3. The molecule has 20 heavy (non-hydrogen) atoms. The molecule has 0 unspecified atom stereocenters. The summed E-state index contributed by atoms with van der Waals surface area (Å²) in [6.45, 7) is 2.86. The van der Waals surface area contributed by atoms with Crippen molar-refractivity contribution in [2.75, 3.05) is 25.1 Å². The van der Waals surface area contributed by atoms with Crippen molar-refractivity contribution in [1.29, 1.82) is 0 Å². The van der Waals surface area contributed by atoms with Crippen LogP contribution in [0, 0.1) is 5.92 Å². The van der Waals surface area contributed by atoms with Crippen molar-refractivity contribution in [3.05, 3.63) is 18.0 Å². The second-order valence-corrected chi connectivity index (χ2v) is 6.09. The fourth-order valence-electron chi connectivity index (χ4n) is 3.31. The van der Waals surface area contributed by atoms with E-state index in [4.69, 9.17) is 4.74 Å². The predicted octanol–water partition coefficient (Wildman–Crippen LogP) is 3.36. The van der Waals surface area contributed by atoms with E-state index in [-0.39, 0.29) is 0 Å². The summed E-state index contributed by atoms with van der Waals surface area (Å²) in [4.78, 5) is 9.01. The van der Waals surface area contributed by atoms with Gasteiger partial charge in [0.2, 0.25) is 5.95 Å². The Labute approximate surface area is 121 Å². The zero-order chi connectivity index (χ0) is 13.6. The molecule has 1 atom stereocenters. The van der Waals surface area contributed by atoms with Crippen molar-refractivity contribution in [2.24, 2.45) is 5.92 Å². The van der Waals surface area contributed by atoms with Crippen molar-refractivity contribution >= 4 is 5.95 Å². The fraction of sp³-hybridized carbons (Fsp3) is 0.750. The van der Waals surface area contributed by atoms with Crippen LogP contribution in [-0.2, 0) is 4.74 Å². The van der Waals surface area contributed by atoms with Gasteiger partial charge in [0.1, 0.15) is 0 Å². The SMILES string of the molecule is c1cc(C2CCCC2)nc(NCCC[C@H]2CCOC2)n1. The number of hydrogen-bond donors (Lipinski definition) is 1. The first kappa shape index (κ1) is 13.8. The van der Waals surface area contributed by atoms with Gasteiger partial charge in [0.15, 0.2) is 0 Å². The molecule has 0 radical (unpaired) electrons. The molecule has 1 aromatic heterocycles. The highest BCUT2D eigenvalue weighted by Gasteiger charge is 2.18. The first-order chi connectivity index (χ1) is 9.92. The smallest absolute Gasteiger partial charge is 0.222 e. The van der Waals surface area contributed by atoms with Gasteiger partial charge in [-0.3, -0.25) is 0 Å². The molecule has 0 amide bonds. The summed E-state index contributed by atoms with van der Waals surface area (Å²) >= 11 is 0. The number of anilines is 1. The molecule has 1 aliphatic heterocycles. The van der Waals surface area contributed by atoms with Gasteiger partial charge in [-0.1, -0.05) is 12.8 Å². The number of aromatic nitrogens is 2. The molecule has 1 aromatic rings. The highest BCUT2D eigenvalue weighted by atomic mass is 16.5. The van der Waals surface area contributed by atoms with Gasteiger partial charge in [0, 0.05) is 37.6 Å². The molecular formula is C16H25N3O. The van der Waals surface area contributed by atoms with Crippen LogP contribution in [0.15, 0.2) is 12.3 Å². The summed E-state index contributed by atoms with van der Waals surface area (Å²) in [6.07, 6.45) is 10.8. The van der Waals surface area contributed by atoms with Crippen LogP contribution in [0.4, 0.5) is 5.95 Å². The standard InChI is InChI=1S/C16H25N3O/c1-2-6-14(5-1)15-7-10-18-16(19-15)17-9-3-4-13-8-11-20-12-13/h7,10,13-14H,1-6,8-9,11-12H2,(H,17,18,19)/t13-/m0/s1. The zero-order valence-corrected chi connectivity index (χ0v) is 12.2. The van der Waals surface area contributed by atoms with E-state index in [1.807, 2.05) is 6.20 Å². The van der Waals surface area contributed by atoms with Crippen LogP contribution in [0.25, 0.3) is 0 Å². The minimum absolute atomic E-state index is 0.661. The van der Waals surface area contributed by atoms with Gasteiger partial charge in [-0.05, 0) is 44.1 Å². The third-order valence-corrected chi connectivity index (χ3v) is 4.55. The average molecular weight is 275 g/mol. The molecule has 4 heteroatoms. The van der Waals surface area contributed by atoms with Crippen molar-refractivity contribution in [2.45, 2.75) is 50.9 Å². The molecule has 1 N–H and O–H groups in total. The van der Waals surface area contributed by atoms with E-state index >= 15 is 0 Å². The molecule has 1 aliphatic carbocycles. The lowest BCUT2D eigenvalue weighted by molar-refractivity contribution is 0.184. The van der Waals surface area contributed by atoms with E-state index in [0.717, 1.165) is 31.6 Å². The monoisotopic (exact) mass is 275 g/mol. The van der Waals surface area contributed by atoms with Crippen LogP contribution in [0.3, 0.4) is 0 Å². The van der Waals surface area contributed by atoms with Gasteiger partial charge in [0.05, 0.1) is 0 Å². The second kappa shape index (κ2) is 7.02. The fourth-order valence-corrected chi connectivity index (χ4v) is 3.31. The summed E-state index contributed by atoms with van der Waals surface area (Å²) in [7, 11) is 0. The van der Waals surface area contributed by atoms with Crippen LogP contribution >= 0.6 is 0 Å². The first-order valence-electron chi connectivity index (χ1n) is 8.06. The molecular weight excluding hydrogens is 250 g/mol. The second-order valence-electron chi connectivity index (χ2n) is 6.09. The van der Waals surface area contributed by atoms with Gasteiger partial charge in [-0.15, -0.1) is 0 Å². The topological polar surface area (TPSA) is 47.0 Å². The third kappa shape index (κ3) is 3.69. The molecule has 2 fully saturated rings. The molecule has 2 heterocycles. The van der Waals surface area contributed by atoms with Crippen molar-refractivity contribution in [3.63, 3.8) is 0 Å². The number of ether oxygens (including phenoxy) is 1. The lowest BCUT2D eigenvalue weighted by Crippen LogP contribution is -2.09. The Morgan fingerprint density at radius 1 is 1.25 bits per heavy atom. The maximum Gasteiger partial charge on any atom is 0.222 e. The summed E-state index contributed by atoms with van der Waals surface area (Å²) in [5.41, 5.74) is 1.23. The lowest BCUT2D eigenvalue weighted by atomic mass is 10.0. The molecule has 2 aliphatic rings. The van der Waals surface area contributed by atoms with Crippen molar-refractivity contribution in [1.82, 2.24) is 9.97 Å². The van der Waals surface area contributed by atoms with E-state index < -0.39 is 0 Å². The number of nitrogens with zero attached hydrogens (tertiary/aromatic N) is 2. The Bertz CT molecular complexity index is 412. The molecule has 1 saturated heterocycles. The van der Waals surface area contributed by atoms with Crippen LogP contribution in [-0.4, -0.2) is 29.7 Å². The van der Waals surface area contributed by atoms with E-state index in [1.54, 1.807) is 0 Å². The molecule has 0 spiro atoms. The Morgan fingerprint density at radius 3 is 2.95 bits per heavy atom. The van der Waals surface area contributed by atoms with Gasteiger partial charge < -0.3 is 10.1 Å². The Hall–Kier alpha value is -1.16. The first-order valence-corrected chi connectivity index (χ1v) is 8.06. The quantitative estimate of drug-likeness (QED) is 0.809. The summed E-state index contributed by atoms with van der Waals surface area (Å²) in [6, 6.07) is 2.08. The molecule has 1 saturated carbocycles. The van der Waals surface area contributed by atoms with Crippen LogP contribution in [0.2, 0.25) is 0 Å². The Kier molecular flexibility index (Phi) is 4.85. The molecule has 4 nitrogen and oxygen atoms in total. The summed E-state index contributed by atoms with van der Waals surface area (Å²) in [5.74, 6) is 2.23. The van der Waals surface area contributed by atoms with Crippen LogP contribution < -0.4 is 5.32 Å². The maximum atomic E-state index is 5.40. The average Bonchev–Trinajstić information content (AvgIpc) is 3.17. The number of nitrogens with one attached hydrogen (secondary N) is 1. The Morgan fingerprint density at radius 2 is 2.15 bits per heavy atom. The van der Waals surface area contributed by atoms with E-state index in [2.05, 4.69) is 21.4 Å². The van der Waals surface area contributed by atoms with Crippen LogP contribution in [0.1, 0.15) is 56.6 Å². The van der Waals surface area contributed by atoms with Crippen molar-refractivity contribution in [3.8, 4) is 0 Å². The molecule has 0 aromatic carbocycles. The van der Waals surface area contributed by atoms with Crippen LogP contribution in [0.5, 0.6) is 0 Å². The predicted molar refractivity (Wildman–Crippen MR) is 79.9 cm³/mol. The van der Waals surface area contributed by atoms with Crippen molar-refractivity contribution < 1.29 is 4.74 Å². The van der Waals surface area contributed by atoms with Gasteiger partial charge in [0.25, 0.3) is 0 Å². The zero-order valence-electron chi connectivity index (χ0n) is 12.2. The third-order valence-electron chi connectivity index (χ3n) is 4.55. The van der Waals surface area contributed by atoms with Gasteiger partial charge >= 0.3 is 0 Å². The summed E-state index contributed by atoms with van der Waals surface area (Å²) < 4.78 is 5.40. The Balaban J connectivity index is 1.43. The van der Waals surface area contributed by atoms with E-state index in [1.165, 1.54) is 50.6 Å². The molecule has 3 rings (SSSR count). The largest absolute Gasteiger partial charge is 0.381 e. The molecule has 110 valence electrons. The maximum absolute atomic E-state index is 5.40. The van der Waals surface area contributed by atoms with Gasteiger partial charge in [-0.2, -0.15) is 0 Å². The highest BCUT2D eigenvalue weighted by Crippen LogP contribution is 2.32. The summed E-state index contributed by atoms with van der Waals surface area (Å²) in [5, 5.41) is 3.37. The minimum Gasteiger partial charge on any atom is -0.381 e. The van der Waals surface area contributed by atoms with E-state index in [0.29, 0.717) is 5.92 Å². The highest BCUT2D eigenvalue weighted by molar-refractivity contribution is 5.26. The lowest BCUT2D eigenvalue weighted by Gasteiger charge is -2.11. The minimum atomic E-state index is 0.661. The molecule has 0 bridgehead atoms. The van der Waals surface area contributed by atoms with Gasteiger partial charge in [-0.25, -0.2) is 9.97 Å².